The number of fused-ring (bicyclic) bond motifs is 1. The molecular weight excluding hydrogens is 371 g/mol. The summed E-state index contributed by atoms with van der Waals surface area (Å²) in [6, 6.07) is 10.8. The van der Waals surface area contributed by atoms with Crippen LogP contribution in [0.25, 0.3) is 11.0 Å². The van der Waals surface area contributed by atoms with Gasteiger partial charge in [-0.05, 0) is 35.9 Å². The highest BCUT2D eigenvalue weighted by Gasteiger charge is 2.32. The zero-order valence-corrected chi connectivity index (χ0v) is 15.4. The highest BCUT2D eigenvalue weighted by Crippen LogP contribution is 2.35. The SMILES string of the molecule is CC(=O)N1N=C(c2cc(Cl)ccc2Cl)C[C@H]1c1ccc2nccnc2c1. The summed E-state index contributed by atoms with van der Waals surface area (Å²) in [7, 11) is 0. The van der Waals surface area contributed by atoms with Gasteiger partial charge in [0.25, 0.3) is 0 Å². The van der Waals surface area contributed by atoms with E-state index in [1.165, 1.54) is 11.9 Å². The minimum atomic E-state index is -0.219. The summed E-state index contributed by atoms with van der Waals surface area (Å²) in [6.07, 6.45) is 3.85. The molecule has 1 amide bonds. The van der Waals surface area contributed by atoms with Gasteiger partial charge in [-0.25, -0.2) is 5.01 Å². The normalized spacial score (nSPS) is 16.8. The lowest BCUT2D eigenvalue weighted by atomic mass is 9.98. The molecule has 2 heterocycles. The zero-order valence-electron chi connectivity index (χ0n) is 13.9. The number of rotatable bonds is 2. The third-order valence-corrected chi connectivity index (χ3v) is 4.92. The van der Waals surface area contributed by atoms with Crippen LogP contribution >= 0.6 is 23.2 Å². The van der Waals surface area contributed by atoms with E-state index in [2.05, 4.69) is 15.1 Å². The number of benzene rings is 2. The van der Waals surface area contributed by atoms with Crippen molar-refractivity contribution >= 4 is 45.9 Å². The van der Waals surface area contributed by atoms with Crippen molar-refractivity contribution in [2.45, 2.75) is 19.4 Å². The Bertz CT molecular complexity index is 1050. The first kappa shape index (κ1) is 16.9. The van der Waals surface area contributed by atoms with Gasteiger partial charge in [-0.2, -0.15) is 5.10 Å². The number of carbonyl (C=O) groups excluding carboxylic acids is 1. The molecule has 0 N–H and O–H groups in total. The van der Waals surface area contributed by atoms with Gasteiger partial charge >= 0.3 is 0 Å². The van der Waals surface area contributed by atoms with Crippen molar-refractivity contribution in [1.29, 1.82) is 0 Å². The van der Waals surface area contributed by atoms with Crippen LogP contribution in [0.15, 0.2) is 53.9 Å². The third kappa shape index (κ3) is 3.04. The summed E-state index contributed by atoms with van der Waals surface area (Å²) in [5.41, 5.74) is 4.01. The number of aromatic nitrogens is 2. The standard InChI is InChI=1S/C19H14Cl2N4O/c1-11(26)25-19(12-2-5-16-18(8-12)23-7-6-22-16)10-17(24-25)14-9-13(20)3-4-15(14)21/h2-9,19H,10H2,1H3/t19-/m0/s1. The molecule has 0 bridgehead atoms. The number of amides is 1. The van der Waals surface area contributed by atoms with Gasteiger partial charge in [0, 0.05) is 41.3 Å². The molecule has 1 aromatic heterocycles. The van der Waals surface area contributed by atoms with Crippen LogP contribution in [0.4, 0.5) is 0 Å². The predicted molar refractivity (Wildman–Crippen MR) is 102 cm³/mol. The molecule has 3 aromatic rings. The van der Waals surface area contributed by atoms with Crippen molar-refractivity contribution in [3.05, 3.63) is 70.0 Å². The fourth-order valence-electron chi connectivity index (χ4n) is 3.13. The molecule has 130 valence electrons. The molecule has 0 radical (unpaired) electrons. The van der Waals surface area contributed by atoms with E-state index in [0.717, 1.165) is 27.9 Å². The van der Waals surface area contributed by atoms with Crippen molar-refractivity contribution in [3.63, 3.8) is 0 Å². The molecule has 0 aliphatic carbocycles. The number of nitrogens with zero attached hydrogens (tertiary/aromatic N) is 4. The van der Waals surface area contributed by atoms with Gasteiger partial charge in [-0.15, -0.1) is 0 Å². The van der Waals surface area contributed by atoms with Crippen LogP contribution in [-0.2, 0) is 4.79 Å². The second-order valence-electron chi connectivity index (χ2n) is 6.06. The number of hydrogen-bond donors (Lipinski definition) is 0. The van der Waals surface area contributed by atoms with Crippen molar-refractivity contribution in [3.8, 4) is 0 Å². The average molecular weight is 385 g/mol. The van der Waals surface area contributed by atoms with Crippen molar-refractivity contribution in [2.24, 2.45) is 5.10 Å². The molecule has 0 unspecified atom stereocenters. The third-order valence-electron chi connectivity index (χ3n) is 4.35. The largest absolute Gasteiger partial charge is 0.273 e. The summed E-state index contributed by atoms with van der Waals surface area (Å²) in [5, 5.41) is 7.14. The van der Waals surface area contributed by atoms with E-state index in [9.17, 15) is 4.79 Å². The molecule has 0 saturated heterocycles. The Morgan fingerprint density at radius 1 is 1.08 bits per heavy atom. The minimum absolute atomic E-state index is 0.137. The van der Waals surface area contributed by atoms with Crippen LogP contribution in [-0.4, -0.2) is 26.6 Å². The maximum Gasteiger partial charge on any atom is 0.240 e. The lowest BCUT2D eigenvalue weighted by molar-refractivity contribution is -0.130. The highest BCUT2D eigenvalue weighted by atomic mass is 35.5. The predicted octanol–water partition coefficient (Wildman–Crippen LogP) is 4.63. The van der Waals surface area contributed by atoms with E-state index in [1.54, 1.807) is 30.6 Å². The molecule has 26 heavy (non-hydrogen) atoms. The number of hydrogen-bond acceptors (Lipinski definition) is 4. The summed E-state index contributed by atoms with van der Waals surface area (Å²) in [4.78, 5) is 20.8. The number of carbonyl (C=O) groups is 1. The first-order valence-corrected chi connectivity index (χ1v) is 8.82. The fourth-order valence-corrected chi connectivity index (χ4v) is 3.53. The minimum Gasteiger partial charge on any atom is -0.273 e. The maximum absolute atomic E-state index is 12.2. The van der Waals surface area contributed by atoms with Crippen LogP contribution in [0.2, 0.25) is 10.0 Å². The Balaban J connectivity index is 1.75. The van der Waals surface area contributed by atoms with E-state index >= 15 is 0 Å². The summed E-state index contributed by atoms with van der Waals surface area (Å²) < 4.78 is 0. The molecule has 5 nitrogen and oxygen atoms in total. The van der Waals surface area contributed by atoms with E-state index in [0.29, 0.717) is 16.5 Å². The Kier molecular flexibility index (Phi) is 4.34. The van der Waals surface area contributed by atoms with Crippen molar-refractivity contribution in [2.75, 3.05) is 0 Å². The van der Waals surface area contributed by atoms with Crippen LogP contribution in [0.1, 0.15) is 30.5 Å². The first-order chi connectivity index (χ1) is 12.5. The van der Waals surface area contributed by atoms with E-state index < -0.39 is 0 Å². The maximum atomic E-state index is 12.2. The molecule has 0 spiro atoms. The molecular formula is C19H14Cl2N4O. The first-order valence-electron chi connectivity index (χ1n) is 8.06. The van der Waals surface area contributed by atoms with E-state index in [4.69, 9.17) is 23.2 Å². The van der Waals surface area contributed by atoms with Crippen LogP contribution in [0.5, 0.6) is 0 Å². The molecule has 0 saturated carbocycles. The summed E-state index contributed by atoms with van der Waals surface area (Å²) in [5.74, 6) is -0.137. The second-order valence-corrected chi connectivity index (χ2v) is 6.90. The average Bonchev–Trinajstić information content (AvgIpc) is 3.09. The second kappa shape index (κ2) is 6.67. The smallest absolute Gasteiger partial charge is 0.240 e. The van der Waals surface area contributed by atoms with Gasteiger partial charge in [0.2, 0.25) is 5.91 Å². The van der Waals surface area contributed by atoms with Crippen LogP contribution < -0.4 is 0 Å². The van der Waals surface area contributed by atoms with E-state index in [-0.39, 0.29) is 11.9 Å². The molecule has 1 atom stereocenters. The zero-order chi connectivity index (χ0) is 18.3. The Morgan fingerprint density at radius 3 is 2.62 bits per heavy atom. The lowest BCUT2D eigenvalue weighted by Crippen LogP contribution is -2.24. The van der Waals surface area contributed by atoms with Crippen LogP contribution in [0, 0.1) is 0 Å². The monoisotopic (exact) mass is 384 g/mol. The Morgan fingerprint density at radius 2 is 1.85 bits per heavy atom. The van der Waals surface area contributed by atoms with E-state index in [1.807, 2.05) is 18.2 Å². The molecule has 0 fully saturated rings. The summed E-state index contributed by atoms with van der Waals surface area (Å²) >= 11 is 12.4. The lowest BCUT2D eigenvalue weighted by Gasteiger charge is -2.20. The molecule has 1 aliphatic rings. The van der Waals surface area contributed by atoms with Gasteiger partial charge in [-0.1, -0.05) is 29.3 Å². The van der Waals surface area contributed by atoms with Crippen molar-refractivity contribution < 1.29 is 4.79 Å². The number of halogens is 2. The van der Waals surface area contributed by atoms with Crippen molar-refractivity contribution in [1.82, 2.24) is 15.0 Å². The van der Waals surface area contributed by atoms with Gasteiger partial charge in [0.1, 0.15) is 0 Å². The molecule has 4 rings (SSSR count). The Hall–Kier alpha value is -2.50. The van der Waals surface area contributed by atoms with Gasteiger partial charge in [-0.3, -0.25) is 14.8 Å². The quantitative estimate of drug-likeness (QED) is 0.646. The fraction of sp³-hybridized carbons (Fsp3) is 0.158. The summed E-state index contributed by atoms with van der Waals surface area (Å²) in [6.45, 7) is 1.50. The molecule has 2 aromatic carbocycles. The van der Waals surface area contributed by atoms with Gasteiger partial charge in [0.05, 0.1) is 22.8 Å². The van der Waals surface area contributed by atoms with Gasteiger partial charge in [0.15, 0.2) is 0 Å². The highest BCUT2D eigenvalue weighted by molar-refractivity contribution is 6.36. The van der Waals surface area contributed by atoms with Crippen LogP contribution in [0.3, 0.4) is 0 Å². The molecule has 1 aliphatic heterocycles. The Labute approximate surface area is 160 Å². The van der Waals surface area contributed by atoms with Gasteiger partial charge < -0.3 is 0 Å². The number of hydrazone groups is 1. The molecule has 7 heteroatoms. The topological polar surface area (TPSA) is 58.5 Å².